The number of benzene rings is 1. The first-order valence-corrected chi connectivity index (χ1v) is 14.5. The van der Waals surface area contributed by atoms with Crippen LogP contribution in [-0.2, 0) is 14.3 Å². The Morgan fingerprint density at radius 3 is 2.43 bits per heavy atom. The number of nitrogens with one attached hydrogen (secondary N) is 3. The van der Waals surface area contributed by atoms with Gasteiger partial charge in [0.15, 0.2) is 0 Å². The third kappa shape index (κ3) is 8.52. The van der Waals surface area contributed by atoms with Gasteiger partial charge in [0, 0.05) is 19.1 Å². The van der Waals surface area contributed by atoms with Crippen molar-refractivity contribution in [2.24, 2.45) is 11.3 Å². The lowest BCUT2D eigenvalue weighted by atomic mass is 9.70. The van der Waals surface area contributed by atoms with Crippen LogP contribution in [0.4, 0.5) is 4.79 Å². The number of carbonyl (C=O) groups excluding carboxylic acids is 2. The Bertz CT molecular complexity index is 847. The normalized spacial score (nSPS) is 24.6. The van der Waals surface area contributed by atoms with E-state index in [4.69, 9.17) is 14.2 Å². The van der Waals surface area contributed by atoms with Crippen LogP contribution >= 0.6 is 11.8 Å². The minimum Gasteiger partial charge on any atom is -0.497 e. The smallest absolute Gasteiger partial charge is 0.315 e. The quantitative estimate of drug-likeness (QED) is 0.337. The second kappa shape index (κ2) is 14.8. The van der Waals surface area contributed by atoms with Crippen molar-refractivity contribution in [3.63, 3.8) is 0 Å². The zero-order valence-electron chi connectivity index (χ0n) is 22.8. The molecule has 9 heteroatoms. The van der Waals surface area contributed by atoms with Gasteiger partial charge in [-0.1, -0.05) is 51.2 Å². The van der Waals surface area contributed by atoms with Crippen LogP contribution in [0.3, 0.4) is 0 Å². The fourth-order valence-electron chi connectivity index (χ4n) is 5.32. The Hall–Kier alpha value is -1.97. The second-order valence-corrected chi connectivity index (χ2v) is 11.8. The number of hydrogen-bond donors (Lipinski definition) is 3. The highest BCUT2D eigenvalue weighted by molar-refractivity contribution is 8.01. The molecule has 2 unspecified atom stereocenters. The number of urea groups is 1. The number of rotatable bonds is 12. The molecule has 1 aromatic rings. The molecule has 8 nitrogen and oxygen atoms in total. The van der Waals surface area contributed by atoms with Gasteiger partial charge in [-0.15, -0.1) is 11.8 Å². The number of ether oxygens (including phenoxy) is 3. The van der Waals surface area contributed by atoms with Gasteiger partial charge in [-0.3, -0.25) is 4.79 Å². The zero-order chi connectivity index (χ0) is 26.7. The van der Waals surface area contributed by atoms with Crippen LogP contribution in [0.1, 0.15) is 70.4 Å². The van der Waals surface area contributed by atoms with E-state index in [1.54, 1.807) is 14.2 Å². The molecule has 0 radical (unpaired) electrons. The first-order valence-electron chi connectivity index (χ1n) is 13.6. The van der Waals surface area contributed by atoms with Gasteiger partial charge in [0.2, 0.25) is 5.91 Å². The van der Waals surface area contributed by atoms with Gasteiger partial charge in [-0.2, -0.15) is 0 Å². The summed E-state index contributed by atoms with van der Waals surface area (Å²) in [6, 6.07) is 7.35. The summed E-state index contributed by atoms with van der Waals surface area (Å²) in [5.74, 6) is 1.16. The van der Waals surface area contributed by atoms with E-state index < -0.39 is 5.25 Å². The fraction of sp³-hybridized carbons (Fsp3) is 0.714. The molecular formula is C28H45N3O5S. The van der Waals surface area contributed by atoms with E-state index in [2.05, 4.69) is 22.9 Å². The molecule has 1 aliphatic carbocycles. The molecule has 4 atom stereocenters. The number of thioether (sulfide) groups is 1. The summed E-state index contributed by atoms with van der Waals surface area (Å²) < 4.78 is 16.2. The number of amides is 3. The van der Waals surface area contributed by atoms with Crippen LogP contribution in [0.15, 0.2) is 24.3 Å². The minimum atomic E-state index is -0.478. The molecule has 0 aromatic heterocycles. The minimum absolute atomic E-state index is 0.0986. The molecular weight excluding hydrogens is 490 g/mol. The van der Waals surface area contributed by atoms with E-state index in [-0.39, 0.29) is 35.4 Å². The molecule has 0 spiro atoms. The Morgan fingerprint density at radius 2 is 1.78 bits per heavy atom. The molecule has 0 bridgehead atoms. The van der Waals surface area contributed by atoms with Crippen molar-refractivity contribution in [2.75, 3.05) is 40.6 Å². The summed E-state index contributed by atoms with van der Waals surface area (Å²) in [5.41, 5.74) is 0.829. The van der Waals surface area contributed by atoms with E-state index in [9.17, 15) is 9.59 Å². The van der Waals surface area contributed by atoms with Crippen molar-refractivity contribution < 1.29 is 23.8 Å². The lowest BCUT2D eigenvalue weighted by Crippen LogP contribution is -2.62. The van der Waals surface area contributed by atoms with E-state index >= 15 is 0 Å². The maximum atomic E-state index is 13.6. The standard InChI is InChI=1S/C28H45N3O5S/c1-20(21-12-14-23(35-4)15-13-21)30-25(32)24(18-36-17-16-34-3)37-26-28(2,19-29-27(33)31-26)22-10-8-6-5-7-9-11-22/h12-15,20,22,24,26H,5-11,16-19H2,1-4H3,(H,30,32)(H2,29,31,33)/t20-,24-,26?,28?/m1/s1. The van der Waals surface area contributed by atoms with Gasteiger partial charge in [-0.25, -0.2) is 4.79 Å². The maximum Gasteiger partial charge on any atom is 0.315 e. The summed E-state index contributed by atoms with van der Waals surface area (Å²) in [4.78, 5) is 26.0. The largest absolute Gasteiger partial charge is 0.497 e. The van der Waals surface area contributed by atoms with Crippen molar-refractivity contribution in [2.45, 2.75) is 75.5 Å². The van der Waals surface area contributed by atoms with E-state index in [1.807, 2.05) is 31.2 Å². The van der Waals surface area contributed by atoms with Crippen molar-refractivity contribution in [3.8, 4) is 5.75 Å². The second-order valence-electron chi connectivity index (χ2n) is 10.5. The van der Waals surface area contributed by atoms with Crippen LogP contribution in [0.2, 0.25) is 0 Å². The molecule has 3 amide bonds. The molecule has 2 aliphatic rings. The predicted octanol–water partition coefficient (Wildman–Crippen LogP) is 4.64. The lowest BCUT2D eigenvalue weighted by molar-refractivity contribution is -0.122. The average Bonchev–Trinajstić information content (AvgIpc) is 2.87. The molecule has 208 valence electrons. The Kier molecular flexibility index (Phi) is 11.9. The predicted molar refractivity (Wildman–Crippen MR) is 148 cm³/mol. The average molecular weight is 536 g/mol. The van der Waals surface area contributed by atoms with Crippen molar-refractivity contribution >= 4 is 23.7 Å². The van der Waals surface area contributed by atoms with Gasteiger partial charge in [0.25, 0.3) is 0 Å². The Balaban J connectivity index is 1.75. The first-order chi connectivity index (χ1) is 17.9. The van der Waals surface area contributed by atoms with Gasteiger partial charge >= 0.3 is 6.03 Å². The summed E-state index contributed by atoms with van der Waals surface area (Å²) in [7, 11) is 3.26. The number of methoxy groups -OCH3 is 2. The highest BCUT2D eigenvalue weighted by Gasteiger charge is 2.46. The topological polar surface area (TPSA) is 97.9 Å². The third-order valence-electron chi connectivity index (χ3n) is 7.80. The van der Waals surface area contributed by atoms with E-state index in [0.717, 1.165) is 24.2 Å². The summed E-state index contributed by atoms with van der Waals surface area (Å²) in [5, 5.41) is 8.69. The monoisotopic (exact) mass is 535 g/mol. The molecule has 1 saturated carbocycles. The van der Waals surface area contributed by atoms with Crippen molar-refractivity contribution in [1.82, 2.24) is 16.0 Å². The molecule has 2 fully saturated rings. The Labute approximate surface area is 226 Å². The van der Waals surface area contributed by atoms with Crippen molar-refractivity contribution in [1.29, 1.82) is 0 Å². The van der Waals surface area contributed by atoms with Gasteiger partial charge < -0.3 is 30.2 Å². The highest BCUT2D eigenvalue weighted by Crippen LogP contribution is 2.45. The molecule has 1 saturated heterocycles. The number of hydrogen-bond acceptors (Lipinski definition) is 6. The van der Waals surface area contributed by atoms with Gasteiger partial charge in [0.05, 0.1) is 38.3 Å². The van der Waals surface area contributed by atoms with Crippen LogP contribution in [0, 0.1) is 11.3 Å². The molecule has 3 N–H and O–H groups in total. The van der Waals surface area contributed by atoms with Crippen molar-refractivity contribution in [3.05, 3.63) is 29.8 Å². The summed E-state index contributed by atoms with van der Waals surface area (Å²) in [6.07, 6.45) is 8.59. The SMILES string of the molecule is COCCOC[C@@H](SC1NC(=O)NCC1(C)C1CCCCCCC1)C(=O)N[C@H](C)c1ccc(OC)cc1. The fourth-order valence-corrected chi connectivity index (χ4v) is 6.77. The zero-order valence-corrected chi connectivity index (χ0v) is 23.7. The maximum absolute atomic E-state index is 13.6. The van der Waals surface area contributed by atoms with Crippen LogP contribution in [-0.4, -0.2) is 63.1 Å². The molecule has 37 heavy (non-hydrogen) atoms. The van der Waals surface area contributed by atoms with Crippen LogP contribution < -0.4 is 20.7 Å². The molecule has 3 rings (SSSR count). The number of carbonyl (C=O) groups is 2. The summed E-state index contributed by atoms with van der Waals surface area (Å²) in [6.45, 7) is 5.97. The highest BCUT2D eigenvalue weighted by atomic mass is 32.2. The van der Waals surface area contributed by atoms with Gasteiger partial charge in [0.1, 0.15) is 11.0 Å². The molecule has 1 aromatic carbocycles. The van der Waals surface area contributed by atoms with Crippen LogP contribution in [0.5, 0.6) is 5.75 Å². The molecule has 1 aliphatic heterocycles. The van der Waals surface area contributed by atoms with Gasteiger partial charge in [-0.05, 0) is 43.4 Å². The van der Waals surface area contributed by atoms with Crippen LogP contribution in [0.25, 0.3) is 0 Å². The lowest BCUT2D eigenvalue weighted by Gasteiger charge is -2.48. The summed E-state index contributed by atoms with van der Waals surface area (Å²) >= 11 is 1.52. The third-order valence-corrected chi connectivity index (χ3v) is 9.40. The van der Waals surface area contributed by atoms with E-state index in [0.29, 0.717) is 25.7 Å². The van der Waals surface area contributed by atoms with E-state index in [1.165, 1.54) is 43.9 Å². The first kappa shape index (κ1) is 29.6. The molecule has 1 heterocycles. The Morgan fingerprint density at radius 1 is 1.11 bits per heavy atom.